The summed E-state index contributed by atoms with van der Waals surface area (Å²) in [5.41, 5.74) is 0. The molecule has 83 heavy (non-hydrogen) atoms. The molecule has 0 aliphatic carbocycles. The molecule has 6 heteroatoms. The van der Waals surface area contributed by atoms with Crippen LogP contribution in [0.25, 0.3) is 0 Å². The molecule has 486 valence electrons. The Morgan fingerprint density at radius 1 is 0.241 bits per heavy atom. The molecule has 1 unspecified atom stereocenters. The van der Waals surface area contributed by atoms with E-state index in [1.807, 2.05) is 0 Å². The van der Waals surface area contributed by atoms with Crippen molar-refractivity contribution in [3.8, 4) is 0 Å². The van der Waals surface area contributed by atoms with Crippen molar-refractivity contribution >= 4 is 17.9 Å². The molecule has 6 nitrogen and oxygen atoms in total. The maximum atomic E-state index is 13.0. The second kappa shape index (κ2) is 71.8. The summed E-state index contributed by atoms with van der Waals surface area (Å²) in [5.74, 6) is -0.843. The van der Waals surface area contributed by atoms with Crippen LogP contribution in [-0.4, -0.2) is 37.2 Å². The molecule has 0 N–H and O–H groups in total. The molecule has 0 aromatic rings. The van der Waals surface area contributed by atoms with Gasteiger partial charge in [-0.05, 0) is 83.5 Å². The van der Waals surface area contributed by atoms with E-state index in [4.69, 9.17) is 14.2 Å². The molecule has 0 saturated carbocycles. The average Bonchev–Trinajstić information content (AvgIpc) is 3.49. The summed E-state index contributed by atoms with van der Waals surface area (Å²) in [6, 6.07) is 0. The third-order valence-electron chi connectivity index (χ3n) is 16.8. The minimum Gasteiger partial charge on any atom is -0.462 e. The van der Waals surface area contributed by atoms with E-state index in [-0.39, 0.29) is 31.1 Å². The molecule has 0 radical (unpaired) electrons. The second-order valence-electron chi connectivity index (χ2n) is 25.2. The number of hydrogen-bond donors (Lipinski definition) is 0. The molecular weight excluding hydrogens is 1020 g/mol. The SMILES string of the molecule is CCCCCCC/C=C\C/C=C\CCCCCCCCCCCCCC(=O)OCC(COC(=O)CCCCCCCCCCCCCCCCCCCCC)OC(=O)CCCCCCCCCCCCC/C=C\C/C=C\CCCCCCC. The summed E-state index contributed by atoms with van der Waals surface area (Å²) in [5, 5.41) is 0. The van der Waals surface area contributed by atoms with Gasteiger partial charge in [-0.1, -0.05) is 352 Å². The van der Waals surface area contributed by atoms with Crippen molar-refractivity contribution in [2.75, 3.05) is 13.2 Å². The van der Waals surface area contributed by atoms with Crippen molar-refractivity contribution < 1.29 is 28.6 Å². The first kappa shape index (κ1) is 80.4. The zero-order chi connectivity index (χ0) is 59.9. The molecule has 0 rings (SSSR count). The van der Waals surface area contributed by atoms with Gasteiger partial charge in [-0.3, -0.25) is 14.4 Å². The second-order valence-corrected chi connectivity index (χ2v) is 25.2. The zero-order valence-electron chi connectivity index (χ0n) is 56.0. The number of rotatable bonds is 69. The number of allylic oxidation sites excluding steroid dienone is 8. The van der Waals surface area contributed by atoms with Crippen LogP contribution in [-0.2, 0) is 28.6 Å². The highest BCUT2D eigenvalue weighted by atomic mass is 16.6. The Balaban J connectivity index is 4.33. The van der Waals surface area contributed by atoms with Crippen molar-refractivity contribution in [2.24, 2.45) is 0 Å². The lowest BCUT2D eigenvalue weighted by Crippen LogP contribution is -2.30. The van der Waals surface area contributed by atoms with Crippen LogP contribution in [0.4, 0.5) is 0 Å². The molecule has 0 bridgehead atoms. The van der Waals surface area contributed by atoms with Crippen LogP contribution in [0.3, 0.4) is 0 Å². The maximum Gasteiger partial charge on any atom is 0.306 e. The highest BCUT2D eigenvalue weighted by Gasteiger charge is 2.19. The fourth-order valence-corrected chi connectivity index (χ4v) is 11.2. The van der Waals surface area contributed by atoms with Gasteiger partial charge in [0.05, 0.1) is 0 Å². The molecule has 0 fully saturated rings. The van der Waals surface area contributed by atoms with Crippen LogP contribution in [0, 0.1) is 0 Å². The number of carbonyl (C=O) groups is 3. The third kappa shape index (κ3) is 70.0. The first-order valence-electron chi connectivity index (χ1n) is 37.1. The number of ether oxygens (including phenoxy) is 3. The lowest BCUT2D eigenvalue weighted by molar-refractivity contribution is -0.167. The number of carbonyl (C=O) groups excluding carboxylic acids is 3. The van der Waals surface area contributed by atoms with Gasteiger partial charge < -0.3 is 14.2 Å². The Kier molecular flexibility index (Phi) is 69.6. The van der Waals surface area contributed by atoms with Crippen LogP contribution >= 0.6 is 0 Å². The molecule has 0 amide bonds. The molecule has 0 heterocycles. The quantitative estimate of drug-likeness (QED) is 0.0261. The van der Waals surface area contributed by atoms with Gasteiger partial charge in [-0.2, -0.15) is 0 Å². The first-order valence-corrected chi connectivity index (χ1v) is 37.1. The van der Waals surface area contributed by atoms with E-state index in [1.54, 1.807) is 0 Å². The van der Waals surface area contributed by atoms with Gasteiger partial charge in [-0.15, -0.1) is 0 Å². The fourth-order valence-electron chi connectivity index (χ4n) is 11.2. The summed E-state index contributed by atoms with van der Waals surface area (Å²) in [4.78, 5) is 38.6. The van der Waals surface area contributed by atoms with Gasteiger partial charge in [0.2, 0.25) is 0 Å². The van der Waals surface area contributed by atoms with Crippen molar-refractivity contribution in [1.29, 1.82) is 0 Å². The third-order valence-corrected chi connectivity index (χ3v) is 16.8. The molecule has 0 spiro atoms. The predicted octanol–water partition coefficient (Wildman–Crippen LogP) is 25.7. The van der Waals surface area contributed by atoms with E-state index >= 15 is 0 Å². The number of esters is 3. The molecule has 0 saturated heterocycles. The van der Waals surface area contributed by atoms with Gasteiger partial charge in [0.15, 0.2) is 6.10 Å². The zero-order valence-corrected chi connectivity index (χ0v) is 56.0. The van der Waals surface area contributed by atoms with E-state index in [2.05, 4.69) is 69.4 Å². The summed E-state index contributed by atoms with van der Waals surface area (Å²) < 4.78 is 17.0. The van der Waals surface area contributed by atoms with Crippen molar-refractivity contribution in [3.05, 3.63) is 48.6 Å². The van der Waals surface area contributed by atoms with Gasteiger partial charge >= 0.3 is 17.9 Å². The molecular formula is C77H142O6. The maximum absolute atomic E-state index is 13.0. The molecule has 0 aromatic heterocycles. The minimum atomic E-state index is -0.775. The smallest absolute Gasteiger partial charge is 0.306 e. The van der Waals surface area contributed by atoms with Crippen LogP contribution in [0.2, 0.25) is 0 Å². The van der Waals surface area contributed by atoms with Crippen LogP contribution < -0.4 is 0 Å². The Morgan fingerprint density at radius 2 is 0.434 bits per heavy atom. The van der Waals surface area contributed by atoms with Crippen LogP contribution in [0.15, 0.2) is 48.6 Å². The Hall–Kier alpha value is -2.63. The Labute approximate surface area is 518 Å². The topological polar surface area (TPSA) is 78.9 Å². The molecule has 1 atom stereocenters. The number of unbranched alkanes of at least 4 members (excludes halogenated alkanes) is 50. The van der Waals surface area contributed by atoms with Gasteiger partial charge in [0.25, 0.3) is 0 Å². The Bertz CT molecular complexity index is 1430. The van der Waals surface area contributed by atoms with Crippen LogP contribution in [0.1, 0.15) is 406 Å². The van der Waals surface area contributed by atoms with Crippen LogP contribution in [0.5, 0.6) is 0 Å². The fraction of sp³-hybridized carbons (Fsp3) is 0.857. The van der Waals surface area contributed by atoms with E-state index in [0.717, 1.165) is 70.6 Å². The lowest BCUT2D eigenvalue weighted by atomic mass is 10.0. The van der Waals surface area contributed by atoms with Gasteiger partial charge in [0, 0.05) is 19.3 Å². The van der Waals surface area contributed by atoms with Gasteiger partial charge in [0.1, 0.15) is 13.2 Å². The van der Waals surface area contributed by atoms with Crippen molar-refractivity contribution in [3.63, 3.8) is 0 Å². The van der Waals surface area contributed by atoms with E-state index in [1.165, 1.54) is 295 Å². The first-order chi connectivity index (χ1) is 41.0. The van der Waals surface area contributed by atoms with E-state index in [9.17, 15) is 14.4 Å². The summed E-state index contributed by atoms with van der Waals surface area (Å²) in [7, 11) is 0. The normalized spacial score (nSPS) is 12.3. The standard InChI is InChI=1S/C77H142O6/c1-4-7-10-13-16-19-22-25-28-31-34-36-38-40-43-46-49-52-55-58-61-64-67-70-76(79)82-73-74(72-81-75(78)69-66-63-60-57-54-51-48-45-42-33-30-27-24-21-18-15-12-9-6-3)83-77(80)71-68-65-62-59-56-53-50-47-44-41-39-37-35-32-29-26-23-20-17-14-11-8-5-2/h22-23,25-26,31-32,34-35,74H,4-21,24,27-30,33,36-73H2,1-3H3/b25-22-,26-23-,34-31-,35-32-. The molecule has 0 aromatic carbocycles. The summed E-state index contributed by atoms with van der Waals surface area (Å²) in [6.07, 6.45) is 91.4. The van der Waals surface area contributed by atoms with E-state index in [0.29, 0.717) is 19.3 Å². The number of hydrogen-bond acceptors (Lipinski definition) is 6. The summed E-state index contributed by atoms with van der Waals surface area (Å²) in [6.45, 7) is 6.70. The highest BCUT2D eigenvalue weighted by Crippen LogP contribution is 2.18. The molecule has 0 aliphatic heterocycles. The Morgan fingerprint density at radius 3 is 0.663 bits per heavy atom. The van der Waals surface area contributed by atoms with Crippen molar-refractivity contribution in [2.45, 2.75) is 412 Å². The monoisotopic (exact) mass is 1160 g/mol. The van der Waals surface area contributed by atoms with Crippen molar-refractivity contribution in [1.82, 2.24) is 0 Å². The molecule has 0 aliphatic rings. The summed E-state index contributed by atoms with van der Waals surface area (Å²) >= 11 is 0. The predicted molar refractivity (Wildman–Crippen MR) is 362 cm³/mol. The largest absolute Gasteiger partial charge is 0.462 e. The highest BCUT2D eigenvalue weighted by molar-refractivity contribution is 5.71. The lowest BCUT2D eigenvalue weighted by Gasteiger charge is -2.18. The van der Waals surface area contributed by atoms with Gasteiger partial charge in [-0.25, -0.2) is 0 Å². The average molecular weight is 1160 g/mol. The van der Waals surface area contributed by atoms with E-state index < -0.39 is 6.10 Å². The minimum absolute atomic E-state index is 0.0694.